The van der Waals surface area contributed by atoms with Gasteiger partial charge in [-0.2, -0.15) is 0 Å². The van der Waals surface area contributed by atoms with Crippen LogP contribution in [0.1, 0.15) is 95.7 Å². The van der Waals surface area contributed by atoms with Crippen molar-refractivity contribution in [1.29, 1.82) is 0 Å². The molecule has 0 spiro atoms. The van der Waals surface area contributed by atoms with Crippen LogP contribution in [-0.4, -0.2) is 11.3 Å². The monoisotopic (exact) mass is 1070 g/mol. The van der Waals surface area contributed by atoms with E-state index in [4.69, 9.17) is 0 Å². The lowest BCUT2D eigenvalue weighted by atomic mass is 9.33. The molecule has 2 aromatic heterocycles. The van der Waals surface area contributed by atoms with Crippen LogP contribution in [0.3, 0.4) is 0 Å². The highest BCUT2D eigenvalue weighted by Gasteiger charge is 2.44. The molecule has 0 N–H and O–H groups in total. The van der Waals surface area contributed by atoms with E-state index in [1.54, 1.807) is 0 Å². The first-order chi connectivity index (χ1) is 38.8. The molecule has 0 radical (unpaired) electrons. The molecule has 0 unspecified atom stereocenters. The standard InChI is InChI=1S/C75H69BN4S/c1-46-38-67-71-68(39-46)80(56-32-35-60-59-23-17-19-25-69(59)81-70(60)45-56)66-44-55(33-36-61(66)76(71)62-42-50(74(7,8)9)28-37-64(62)79(67)53-29-26-49(27-30-53)73(4,5)6)77(72-47(2)40-51(41-48(72)3)75(10,11)12)54-31-34-58-57-22-16-18-24-63(57)78(65(58)43-54)52-20-14-13-15-21-52/h13-45H,1-12H3. The molecule has 6 heteroatoms. The zero-order valence-corrected chi connectivity index (χ0v) is 49.6. The first-order valence-corrected chi connectivity index (χ1v) is 29.7. The molecular formula is C75H69BN4S. The maximum Gasteiger partial charge on any atom is 0.252 e. The van der Waals surface area contributed by atoms with Crippen molar-refractivity contribution >= 4 is 128 Å². The van der Waals surface area contributed by atoms with E-state index < -0.39 is 0 Å². The Hall–Kier alpha value is -8.32. The number of fused-ring (bicyclic) bond motifs is 10. The van der Waals surface area contributed by atoms with Crippen LogP contribution in [0.5, 0.6) is 0 Å². The summed E-state index contributed by atoms with van der Waals surface area (Å²) in [6.45, 7) is 27.8. The topological polar surface area (TPSA) is 14.7 Å². The highest BCUT2D eigenvalue weighted by molar-refractivity contribution is 7.25. The summed E-state index contributed by atoms with van der Waals surface area (Å²) in [4.78, 5) is 7.73. The Balaban J connectivity index is 1.06. The van der Waals surface area contributed by atoms with Crippen LogP contribution >= 0.6 is 11.3 Å². The second-order valence-corrected chi connectivity index (χ2v) is 27.2. The summed E-state index contributed by atoms with van der Waals surface area (Å²) in [6, 6.07) is 76.8. The van der Waals surface area contributed by atoms with E-state index in [1.807, 2.05) is 11.3 Å². The van der Waals surface area contributed by atoms with E-state index >= 15 is 0 Å². The summed E-state index contributed by atoms with van der Waals surface area (Å²) in [5, 5.41) is 5.07. The molecule has 0 bridgehead atoms. The molecule has 0 fully saturated rings. The predicted molar refractivity (Wildman–Crippen MR) is 353 cm³/mol. The van der Waals surface area contributed by atoms with Crippen molar-refractivity contribution < 1.29 is 0 Å². The average molecular weight is 1070 g/mol. The quantitative estimate of drug-likeness (QED) is 0.154. The molecule has 2 aliphatic heterocycles. The SMILES string of the molecule is Cc1cc2c3c(c1)N(c1ccc4c(c1)sc1ccccc14)c1cc(N(c4ccc5c6ccccc6n(-c6ccccc6)c5c4)c4c(C)cc(C(C)(C)C)cc4C)ccc1B3c1cc(C(C)(C)C)ccc1N2c1ccc(C(C)(C)C)cc1. The Bertz CT molecular complexity index is 4500. The van der Waals surface area contributed by atoms with Gasteiger partial charge >= 0.3 is 0 Å². The minimum atomic E-state index is -0.0657. The summed E-state index contributed by atoms with van der Waals surface area (Å²) in [5.74, 6) is 0. The Morgan fingerprint density at radius 2 is 0.951 bits per heavy atom. The van der Waals surface area contributed by atoms with Crippen molar-refractivity contribution in [3.05, 3.63) is 234 Å². The van der Waals surface area contributed by atoms with Crippen LogP contribution in [-0.2, 0) is 16.2 Å². The number of benzene rings is 10. The van der Waals surface area contributed by atoms with Crippen LogP contribution in [0.15, 0.2) is 200 Å². The highest BCUT2D eigenvalue weighted by atomic mass is 32.1. The van der Waals surface area contributed by atoms with Crippen LogP contribution in [0, 0.1) is 20.8 Å². The highest BCUT2D eigenvalue weighted by Crippen LogP contribution is 2.50. The van der Waals surface area contributed by atoms with E-state index in [0.717, 1.165) is 22.7 Å². The zero-order valence-electron chi connectivity index (χ0n) is 48.8. The van der Waals surface area contributed by atoms with E-state index in [2.05, 4.69) is 303 Å². The van der Waals surface area contributed by atoms with E-state index in [9.17, 15) is 0 Å². The number of aryl methyl sites for hydroxylation is 3. The largest absolute Gasteiger partial charge is 0.311 e. The van der Waals surface area contributed by atoms with Crippen LogP contribution in [0.25, 0.3) is 47.7 Å². The summed E-state index contributed by atoms with van der Waals surface area (Å²) < 4.78 is 5.03. The smallest absolute Gasteiger partial charge is 0.252 e. The Kier molecular flexibility index (Phi) is 11.5. The van der Waals surface area contributed by atoms with Gasteiger partial charge in [0.05, 0.1) is 16.7 Å². The summed E-state index contributed by atoms with van der Waals surface area (Å²) >= 11 is 1.89. The number of nitrogens with zero attached hydrogens (tertiary/aromatic N) is 4. The Labute approximate surface area is 482 Å². The number of para-hydroxylation sites is 2. The van der Waals surface area contributed by atoms with Crippen molar-refractivity contribution in [2.75, 3.05) is 14.7 Å². The third-order valence-corrected chi connectivity index (χ3v) is 18.6. The first-order valence-electron chi connectivity index (χ1n) is 28.9. The number of thiophene rings is 1. The minimum absolute atomic E-state index is 0.0186. The minimum Gasteiger partial charge on any atom is -0.311 e. The van der Waals surface area contributed by atoms with E-state index in [-0.39, 0.29) is 23.0 Å². The third kappa shape index (κ3) is 8.23. The van der Waals surface area contributed by atoms with Gasteiger partial charge in [0.15, 0.2) is 0 Å². The van der Waals surface area contributed by atoms with Crippen molar-refractivity contribution in [1.82, 2.24) is 4.57 Å². The van der Waals surface area contributed by atoms with Gasteiger partial charge in [-0.1, -0.05) is 172 Å². The lowest BCUT2D eigenvalue weighted by Gasteiger charge is -2.45. The fraction of sp³-hybridized carbons (Fsp3) is 0.200. The molecule has 0 saturated heterocycles. The van der Waals surface area contributed by atoms with Crippen LogP contribution in [0.4, 0.5) is 51.2 Å². The predicted octanol–water partition coefficient (Wildman–Crippen LogP) is 19.5. The van der Waals surface area contributed by atoms with Crippen molar-refractivity contribution in [2.45, 2.75) is 99.3 Å². The maximum absolute atomic E-state index is 2.61. The maximum atomic E-state index is 2.61. The summed E-state index contributed by atoms with van der Waals surface area (Å²) in [6.07, 6.45) is 0. The van der Waals surface area contributed by atoms with Crippen molar-refractivity contribution in [3.8, 4) is 5.69 Å². The molecule has 0 atom stereocenters. The summed E-state index contributed by atoms with van der Waals surface area (Å²) in [5.41, 5.74) is 25.7. The molecule has 0 saturated carbocycles. The second-order valence-electron chi connectivity index (χ2n) is 26.1. The van der Waals surface area contributed by atoms with Gasteiger partial charge in [0.25, 0.3) is 6.71 Å². The molecule has 0 amide bonds. The molecule has 10 aromatic carbocycles. The van der Waals surface area contributed by atoms with Gasteiger partial charge in [0.2, 0.25) is 0 Å². The van der Waals surface area contributed by atoms with Gasteiger partial charge in [0.1, 0.15) is 0 Å². The molecule has 4 nitrogen and oxygen atoms in total. The zero-order chi connectivity index (χ0) is 56.0. The lowest BCUT2D eigenvalue weighted by Crippen LogP contribution is -2.61. The molecule has 12 aromatic rings. The molecule has 4 heterocycles. The van der Waals surface area contributed by atoms with Crippen LogP contribution in [0.2, 0.25) is 0 Å². The van der Waals surface area contributed by atoms with Gasteiger partial charge in [-0.25, -0.2) is 0 Å². The van der Waals surface area contributed by atoms with Gasteiger partial charge in [0, 0.05) is 82.1 Å². The van der Waals surface area contributed by atoms with Gasteiger partial charge < -0.3 is 19.3 Å². The fourth-order valence-electron chi connectivity index (χ4n) is 13.4. The van der Waals surface area contributed by atoms with Gasteiger partial charge in [-0.3, -0.25) is 0 Å². The van der Waals surface area contributed by atoms with Crippen molar-refractivity contribution in [3.63, 3.8) is 0 Å². The lowest BCUT2D eigenvalue weighted by molar-refractivity contribution is 0.589. The van der Waals surface area contributed by atoms with E-state index in [1.165, 1.54) is 126 Å². The number of anilines is 9. The third-order valence-electron chi connectivity index (χ3n) is 17.4. The second kappa shape index (κ2) is 18.4. The first kappa shape index (κ1) is 50.9. The van der Waals surface area contributed by atoms with Gasteiger partial charge in [-0.15, -0.1) is 11.3 Å². The Morgan fingerprint density at radius 1 is 0.383 bits per heavy atom. The Morgan fingerprint density at radius 3 is 1.65 bits per heavy atom. The molecule has 2 aliphatic rings. The molecular weight excluding hydrogens is 1000 g/mol. The molecule has 0 aliphatic carbocycles. The van der Waals surface area contributed by atoms with Gasteiger partial charge in [-0.05, 0) is 178 Å². The number of aromatic nitrogens is 1. The summed E-state index contributed by atoms with van der Waals surface area (Å²) in [7, 11) is 0. The normalized spacial score (nSPS) is 13.4. The fourth-order valence-corrected chi connectivity index (χ4v) is 14.5. The van der Waals surface area contributed by atoms with Crippen molar-refractivity contribution in [2.24, 2.45) is 0 Å². The average Bonchev–Trinajstić information content (AvgIpc) is 2.78. The van der Waals surface area contributed by atoms with Crippen LogP contribution < -0.4 is 31.1 Å². The molecule has 398 valence electrons. The number of rotatable bonds is 6. The molecule has 81 heavy (non-hydrogen) atoms. The number of hydrogen-bond donors (Lipinski definition) is 0. The molecule has 14 rings (SSSR count). The number of hydrogen-bond acceptors (Lipinski definition) is 4. The van der Waals surface area contributed by atoms with E-state index in [0.29, 0.717) is 0 Å².